The summed E-state index contributed by atoms with van der Waals surface area (Å²) >= 11 is 0. The summed E-state index contributed by atoms with van der Waals surface area (Å²) < 4.78 is 30.9. The summed E-state index contributed by atoms with van der Waals surface area (Å²) in [6.45, 7) is 5.04. The van der Waals surface area contributed by atoms with Gasteiger partial charge in [0.15, 0.2) is 15.8 Å². The summed E-state index contributed by atoms with van der Waals surface area (Å²) in [4.78, 5) is 7.28. The summed E-state index contributed by atoms with van der Waals surface area (Å²) in [6.07, 6.45) is 2.57. The molecule has 1 aliphatic rings. The second-order valence-electron chi connectivity index (χ2n) is 7.34. The predicted molar refractivity (Wildman–Crippen MR) is 136 cm³/mol. The largest absolute Gasteiger partial charge is 0.490 e. The molecule has 3 rings (SSSR count). The van der Waals surface area contributed by atoms with Gasteiger partial charge < -0.3 is 15.0 Å². The van der Waals surface area contributed by atoms with Crippen molar-refractivity contribution in [2.24, 2.45) is 4.99 Å². The Morgan fingerprint density at radius 2 is 1.68 bits per heavy atom. The molecule has 1 aliphatic heterocycles. The second kappa shape index (κ2) is 12.9. The Morgan fingerprint density at radius 1 is 1.06 bits per heavy atom. The van der Waals surface area contributed by atoms with Crippen LogP contribution in [0.2, 0.25) is 0 Å². The van der Waals surface area contributed by atoms with Crippen LogP contribution in [0, 0.1) is 0 Å². The Labute approximate surface area is 203 Å². The van der Waals surface area contributed by atoms with Crippen LogP contribution < -0.4 is 10.1 Å². The number of benzene rings is 2. The highest BCUT2D eigenvalue weighted by atomic mass is 127. The van der Waals surface area contributed by atoms with Crippen molar-refractivity contribution >= 4 is 39.8 Å². The first-order chi connectivity index (χ1) is 14.6. The molecule has 2 aromatic carbocycles. The maximum atomic E-state index is 12.4. The average molecular weight is 557 g/mol. The number of aliphatic imine (C=N–C) groups is 1. The number of hydrogen-bond acceptors (Lipinski definition) is 4. The molecule has 0 amide bonds. The van der Waals surface area contributed by atoms with Gasteiger partial charge in [0.25, 0.3) is 0 Å². The van der Waals surface area contributed by atoms with E-state index in [1.807, 2.05) is 43.3 Å². The first-order valence-corrected chi connectivity index (χ1v) is 12.3. The first-order valence-electron chi connectivity index (χ1n) is 10.6. The fraction of sp³-hybridized carbons (Fsp3) is 0.435. The van der Waals surface area contributed by atoms with Gasteiger partial charge in [-0.25, -0.2) is 8.42 Å². The topological polar surface area (TPSA) is 71.0 Å². The Kier molecular flexibility index (Phi) is 10.6. The number of nitrogens with one attached hydrogen (secondary N) is 1. The van der Waals surface area contributed by atoms with Crippen molar-refractivity contribution in [1.29, 1.82) is 0 Å². The van der Waals surface area contributed by atoms with Crippen molar-refractivity contribution in [3.05, 3.63) is 60.7 Å². The van der Waals surface area contributed by atoms with Crippen LogP contribution >= 0.6 is 24.0 Å². The van der Waals surface area contributed by atoms with Gasteiger partial charge >= 0.3 is 0 Å². The molecule has 0 unspecified atom stereocenters. The van der Waals surface area contributed by atoms with E-state index in [4.69, 9.17) is 4.74 Å². The van der Waals surface area contributed by atoms with Gasteiger partial charge in [0.1, 0.15) is 11.9 Å². The van der Waals surface area contributed by atoms with Gasteiger partial charge in [-0.2, -0.15) is 0 Å². The Hall–Kier alpha value is -1.81. The van der Waals surface area contributed by atoms with Crippen LogP contribution in [0.3, 0.4) is 0 Å². The third-order valence-corrected chi connectivity index (χ3v) is 6.87. The van der Waals surface area contributed by atoms with Crippen LogP contribution in [0.25, 0.3) is 0 Å². The van der Waals surface area contributed by atoms with Crippen molar-refractivity contribution in [2.45, 2.75) is 37.2 Å². The number of rotatable bonds is 8. The Morgan fingerprint density at radius 3 is 2.29 bits per heavy atom. The van der Waals surface area contributed by atoms with Crippen LogP contribution in [0.1, 0.15) is 26.2 Å². The monoisotopic (exact) mass is 557 g/mol. The van der Waals surface area contributed by atoms with Crippen LogP contribution in [-0.2, 0) is 9.84 Å². The predicted octanol–water partition coefficient (Wildman–Crippen LogP) is 3.98. The number of halogens is 1. The van der Waals surface area contributed by atoms with Gasteiger partial charge in [-0.15, -0.1) is 24.0 Å². The lowest BCUT2D eigenvalue weighted by molar-refractivity contribution is 0.129. The lowest BCUT2D eigenvalue weighted by Crippen LogP contribution is -2.47. The maximum absolute atomic E-state index is 12.4. The Bertz CT molecular complexity index is 900. The standard InChI is InChI=1S/C23H31N3O3S.HI/c1-2-24-23(25-16-9-19-30(27,28)22-12-7-4-8-13-22)26-17-14-21(15-18-26)29-20-10-5-3-6-11-20;/h3-8,10-13,21H,2,9,14-19H2,1H3,(H,24,25);1H. The van der Waals surface area contributed by atoms with Crippen LogP contribution in [0.4, 0.5) is 0 Å². The van der Waals surface area contributed by atoms with Gasteiger partial charge in [0.2, 0.25) is 0 Å². The van der Waals surface area contributed by atoms with Crippen molar-refractivity contribution in [3.8, 4) is 5.75 Å². The van der Waals surface area contributed by atoms with E-state index in [9.17, 15) is 8.42 Å². The van der Waals surface area contributed by atoms with E-state index in [-0.39, 0.29) is 35.8 Å². The number of ether oxygens (including phenoxy) is 1. The zero-order valence-corrected chi connectivity index (χ0v) is 21.1. The highest BCUT2D eigenvalue weighted by Crippen LogP contribution is 2.19. The molecule has 0 spiro atoms. The van der Waals surface area contributed by atoms with Gasteiger partial charge in [-0.3, -0.25) is 4.99 Å². The number of hydrogen-bond donors (Lipinski definition) is 1. The molecule has 2 aromatic rings. The molecule has 0 aliphatic carbocycles. The molecule has 0 radical (unpaired) electrons. The number of likely N-dealkylation sites (tertiary alicyclic amines) is 1. The summed E-state index contributed by atoms with van der Waals surface area (Å²) in [5.74, 6) is 1.87. The minimum Gasteiger partial charge on any atom is -0.490 e. The van der Waals surface area contributed by atoms with Crippen molar-refractivity contribution in [3.63, 3.8) is 0 Å². The van der Waals surface area contributed by atoms with Crippen molar-refractivity contribution in [2.75, 3.05) is 31.9 Å². The molecule has 31 heavy (non-hydrogen) atoms. The fourth-order valence-electron chi connectivity index (χ4n) is 3.49. The molecule has 8 heteroatoms. The summed E-state index contributed by atoms with van der Waals surface area (Å²) in [7, 11) is -3.25. The average Bonchev–Trinajstić information content (AvgIpc) is 2.78. The molecule has 170 valence electrons. The molecular formula is C23H32IN3O3S. The molecular weight excluding hydrogens is 525 g/mol. The van der Waals surface area contributed by atoms with E-state index in [0.717, 1.165) is 44.2 Å². The molecule has 0 bridgehead atoms. The van der Waals surface area contributed by atoms with Gasteiger partial charge in [0.05, 0.1) is 10.6 Å². The van der Waals surface area contributed by atoms with Crippen LogP contribution in [-0.4, -0.2) is 57.3 Å². The van der Waals surface area contributed by atoms with E-state index in [0.29, 0.717) is 17.9 Å². The van der Waals surface area contributed by atoms with Gasteiger partial charge in [-0.05, 0) is 37.6 Å². The minimum absolute atomic E-state index is 0. The van der Waals surface area contributed by atoms with Gasteiger partial charge in [0, 0.05) is 39.0 Å². The Balaban J connectivity index is 0.00000341. The molecule has 1 fully saturated rings. The summed E-state index contributed by atoms with van der Waals surface area (Å²) in [5, 5.41) is 3.33. The number of para-hydroxylation sites is 1. The smallest absolute Gasteiger partial charge is 0.193 e. The van der Waals surface area contributed by atoms with E-state index in [1.54, 1.807) is 24.3 Å². The molecule has 1 heterocycles. The number of piperidine rings is 1. The lowest BCUT2D eigenvalue weighted by atomic mass is 10.1. The van der Waals surface area contributed by atoms with Gasteiger partial charge in [-0.1, -0.05) is 36.4 Å². The van der Waals surface area contributed by atoms with Crippen molar-refractivity contribution < 1.29 is 13.2 Å². The molecule has 0 aromatic heterocycles. The SMILES string of the molecule is CCNC(=NCCCS(=O)(=O)c1ccccc1)N1CCC(Oc2ccccc2)CC1.I. The normalized spacial score (nSPS) is 15.3. The van der Waals surface area contributed by atoms with E-state index >= 15 is 0 Å². The third kappa shape index (κ3) is 7.99. The third-order valence-electron chi connectivity index (χ3n) is 5.06. The minimum atomic E-state index is -3.25. The molecule has 1 N–H and O–H groups in total. The fourth-order valence-corrected chi connectivity index (χ4v) is 4.80. The highest BCUT2D eigenvalue weighted by molar-refractivity contribution is 14.0. The van der Waals surface area contributed by atoms with Crippen LogP contribution in [0.15, 0.2) is 70.6 Å². The summed E-state index contributed by atoms with van der Waals surface area (Å²) in [5.41, 5.74) is 0. The molecule has 6 nitrogen and oxygen atoms in total. The van der Waals surface area contributed by atoms with Crippen LogP contribution in [0.5, 0.6) is 5.75 Å². The second-order valence-corrected chi connectivity index (χ2v) is 9.45. The van der Waals surface area contributed by atoms with E-state index in [1.165, 1.54) is 0 Å². The highest BCUT2D eigenvalue weighted by Gasteiger charge is 2.22. The maximum Gasteiger partial charge on any atom is 0.193 e. The lowest BCUT2D eigenvalue weighted by Gasteiger charge is -2.34. The van der Waals surface area contributed by atoms with Crippen molar-refractivity contribution in [1.82, 2.24) is 10.2 Å². The molecule has 0 saturated carbocycles. The molecule has 1 saturated heterocycles. The molecule has 0 atom stereocenters. The number of guanidine groups is 1. The zero-order chi connectivity index (χ0) is 21.2. The number of sulfone groups is 1. The summed E-state index contributed by atoms with van der Waals surface area (Å²) in [6, 6.07) is 18.5. The van der Waals surface area contributed by atoms with E-state index in [2.05, 4.69) is 15.2 Å². The number of nitrogens with zero attached hydrogens (tertiary/aromatic N) is 2. The first kappa shape index (κ1) is 25.5. The zero-order valence-electron chi connectivity index (χ0n) is 17.9. The quantitative estimate of drug-likeness (QED) is 0.230. The van der Waals surface area contributed by atoms with E-state index < -0.39 is 9.84 Å².